The fourth-order valence-electron chi connectivity index (χ4n) is 2.47. The molecule has 2 atom stereocenters. The number of hydrogen-bond donors (Lipinski definition) is 3. The van der Waals surface area contributed by atoms with Gasteiger partial charge in [-0.25, -0.2) is 0 Å². The number of likely N-dealkylation sites (N-methyl/N-ethyl adjacent to an activating group) is 1. The van der Waals surface area contributed by atoms with E-state index < -0.39 is 33.5 Å². The van der Waals surface area contributed by atoms with Gasteiger partial charge in [-0.05, 0) is 34.7 Å². The van der Waals surface area contributed by atoms with Crippen molar-refractivity contribution in [3.63, 3.8) is 0 Å². The molecular formula is C13H24N2O4S2. The summed E-state index contributed by atoms with van der Waals surface area (Å²) in [6.07, 6.45) is 0. The number of rotatable bonds is 2. The van der Waals surface area contributed by atoms with Crippen LogP contribution in [0, 0.1) is 0 Å². The van der Waals surface area contributed by atoms with Crippen LogP contribution in [0.4, 0.5) is 0 Å². The summed E-state index contributed by atoms with van der Waals surface area (Å²) < 4.78 is -1.09. The molecule has 0 saturated carbocycles. The molecule has 1 rings (SSSR count). The first-order valence-electron chi connectivity index (χ1n) is 6.75. The maximum absolute atomic E-state index is 11.6. The molecule has 1 aliphatic heterocycles. The lowest BCUT2D eigenvalue weighted by atomic mass is 10.0. The molecule has 122 valence electrons. The van der Waals surface area contributed by atoms with Gasteiger partial charge in [0.15, 0.2) is 0 Å². The van der Waals surface area contributed by atoms with Crippen molar-refractivity contribution in [3.05, 3.63) is 0 Å². The summed E-state index contributed by atoms with van der Waals surface area (Å²) in [6, 6.07) is -1.31. The largest absolute Gasteiger partial charge is 0.480 e. The van der Waals surface area contributed by atoms with Crippen molar-refractivity contribution in [3.8, 4) is 0 Å². The summed E-state index contributed by atoms with van der Waals surface area (Å²) in [5, 5.41) is 21.9. The molecule has 0 bridgehead atoms. The maximum Gasteiger partial charge on any atom is 0.322 e. The van der Waals surface area contributed by atoms with Crippen LogP contribution in [-0.2, 0) is 9.59 Å². The second-order valence-electron chi connectivity index (χ2n) is 6.32. The SMILES string of the molecule is CN1CCNC(C(=O)O)C(C)(C)SSC(C)(C)C1C(=O)O. The molecule has 6 nitrogen and oxygen atoms in total. The van der Waals surface area contributed by atoms with Gasteiger partial charge < -0.3 is 15.5 Å². The van der Waals surface area contributed by atoms with E-state index in [-0.39, 0.29) is 0 Å². The standard InChI is InChI=1S/C13H24N2O4S2/c1-12(2)8(10(16)17)14-6-7-15(5)9(11(18)19)13(3,4)21-20-12/h8-9,14H,6-7H2,1-5H3,(H,16,17)(H,18,19). The Kier molecular flexibility index (Phi) is 5.99. The molecule has 0 spiro atoms. The summed E-state index contributed by atoms with van der Waals surface area (Å²) in [5.74, 6) is -1.74. The minimum Gasteiger partial charge on any atom is -0.480 e. The average Bonchev–Trinajstić information content (AvgIpc) is 2.30. The summed E-state index contributed by atoms with van der Waals surface area (Å²) >= 11 is 0. The van der Waals surface area contributed by atoms with Crippen molar-refractivity contribution < 1.29 is 19.8 Å². The molecule has 1 fully saturated rings. The van der Waals surface area contributed by atoms with E-state index in [1.54, 1.807) is 11.9 Å². The molecule has 21 heavy (non-hydrogen) atoms. The van der Waals surface area contributed by atoms with Gasteiger partial charge in [-0.3, -0.25) is 14.5 Å². The van der Waals surface area contributed by atoms with Crippen LogP contribution in [0.5, 0.6) is 0 Å². The Balaban J connectivity index is 3.06. The molecule has 2 unspecified atom stereocenters. The van der Waals surface area contributed by atoms with Gasteiger partial charge >= 0.3 is 11.9 Å². The first-order valence-corrected chi connectivity index (χ1v) is 8.90. The van der Waals surface area contributed by atoms with E-state index in [0.717, 1.165) is 0 Å². The fourth-order valence-corrected chi connectivity index (χ4v) is 5.40. The molecule has 0 aromatic heterocycles. The number of hydrogen-bond acceptors (Lipinski definition) is 6. The number of carboxylic acids is 2. The zero-order valence-electron chi connectivity index (χ0n) is 13.0. The predicted octanol–water partition coefficient (Wildman–Crippen LogP) is 1.37. The van der Waals surface area contributed by atoms with Gasteiger partial charge in [0, 0.05) is 22.6 Å². The van der Waals surface area contributed by atoms with Crippen LogP contribution in [0.25, 0.3) is 0 Å². The van der Waals surface area contributed by atoms with Crippen molar-refractivity contribution in [2.24, 2.45) is 0 Å². The van der Waals surface area contributed by atoms with Crippen LogP contribution in [0.15, 0.2) is 0 Å². The topological polar surface area (TPSA) is 89.9 Å². The third-order valence-corrected chi connectivity index (χ3v) is 7.79. The average molecular weight is 336 g/mol. The molecule has 0 aliphatic carbocycles. The van der Waals surface area contributed by atoms with Gasteiger partial charge in [0.2, 0.25) is 0 Å². The third-order valence-electron chi connectivity index (χ3n) is 3.56. The summed E-state index contributed by atoms with van der Waals surface area (Å²) in [5.41, 5.74) is 0. The molecule has 3 N–H and O–H groups in total. The lowest BCUT2D eigenvalue weighted by molar-refractivity contribution is -0.144. The van der Waals surface area contributed by atoms with E-state index in [1.165, 1.54) is 21.6 Å². The third kappa shape index (κ3) is 4.51. The number of nitrogens with one attached hydrogen (secondary N) is 1. The highest BCUT2D eigenvalue weighted by atomic mass is 33.1. The summed E-state index contributed by atoms with van der Waals surface area (Å²) in [7, 11) is 4.62. The zero-order chi connectivity index (χ0) is 16.4. The minimum atomic E-state index is -0.885. The Morgan fingerprint density at radius 1 is 1.10 bits per heavy atom. The van der Waals surface area contributed by atoms with E-state index in [2.05, 4.69) is 5.32 Å². The van der Waals surface area contributed by atoms with Crippen LogP contribution < -0.4 is 5.32 Å². The molecular weight excluding hydrogens is 312 g/mol. The van der Waals surface area contributed by atoms with Crippen molar-refractivity contribution in [2.45, 2.75) is 49.3 Å². The summed E-state index contributed by atoms with van der Waals surface area (Å²) in [4.78, 5) is 24.8. The molecule has 1 aliphatic rings. The van der Waals surface area contributed by atoms with Gasteiger partial charge in [-0.15, -0.1) is 0 Å². The first-order chi connectivity index (χ1) is 9.49. The smallest absolute Gasteiger partial charge is 0.322 e. The lowest BCUT2D eigenvalue weighted by Gasteiger charge is -2.41. The minimum absolute atomic E-state index is 0.433. The van der Waals surface area contributed by atoms with Crippen LogP contribution >= 0.6 is 21.6 Å². The van der Waals surface area contributed by atoms with Crippen LogP contribution in [0.2, 0.25) is 0 Å². The highest BCUT2D eigenvalue weighted by molar-refractivity contribution is 8.77. The van der Waals surface area contributed by atoms with Crippen molar-refractivity contribution >= 4 is 33.5 Å². The Labute approximate surface area is 133 Å². The number of carbonyl (C=O) groups is 2. The second-order valence-corrected chi connectivity index (χ2v) is 9.76. The molecule has 0 radical (unpaired) electrons. The number of nitrogens with zero attached hydrogens (tertiary/aromatic N) is 1. The number of aliphatic carboxylic acids is 2. The van der Waals surface area contributed by atoms with Crippen LogP contribution in [-0.4, -0.2) is 68.8 Å². The molecule has 8 heteroatoms. The Bertz CT molecular complexity index is 415. The maximum atomic E-state index is 11.6. The highest BCUT2D eigenvalue weighted by Crippen LogP contribution is 2.47. The molecule has 0 aromatic rings. The van der Waals surface area contributed by atoms with E-state index in [0.29, 0.717) is 13.1 Å². The van der Waals surface area contributed by atoms with Gasteiger partial charge in [-0.2, -0.15) is 0 Å². The molecule has 0 amide bonds. The first kappa shape index (κ1) is 18.6. The van der Waals surface area contributed by atoms with Gasteiger partial charge in [0.25, 0.3) is 0 Å². The lowest BCUT2D eigenvalue weighted by Crippen LogP contribution is -2.57. The van der Waals surface area contributed by atoms with E-state index in [9.17, 15) is 19.8 Å². The molecule has 0 aromatic carbocycles. The van der Waals surface area contributed by atoms with Crippen molar-refractivity contribution in [1.29, 1.82) is 0 Å². The Morgan fingerprint density at radius 2 is 1.62 bits per heavy atom. The predicted molar refractivity (Wildman–Crippen MR) is 86.8 cm³/mol. The van der Waals surface area contributed by atoms with Gasteiger partial charge in [-0.1, -0.05) is 21.6 Å². The van der Waals surface area contributed by atoms with Crippen LogP contribution in [0.1, 0.15) is 27.7 Å². The van der Waals surface area contributed by atoms with E-state index in [4.69, 9.17) is 0 Å². The van der Waals surface area contributed by atoms with Gasteiger partial charge in [0.05, 0.1) is 0 Å². The number of carboxylic acid groups (broad SMARTS) is 2. The Morgan fingerprint density at radius 3 is 2.10 bits per heavy atom. The monoisotopic (exact) mass is 336 g/mol. The quantitative estimate of drug-likeness (QED) is 0.652. The zero-order valence-corrected chi connectivity index (χ0v) is 14.7. The normalized spacial score (nSPS) is 30.5. The van der Waals surface area contributed by atoms with E-state index in [1.807, 2.05) is 27.7 Å². The van der Waals surface area contributed by atoms with Crippen molar-refractivity contribution in [2.75, 3.05) is 20.1 Å². The van der Waals surface area contributed by atoms with Gasteiger partial charge in [0.1, 0.15) is 12.1 Å². The Hall–Kier alpha value is -0.440. The fraction of sp³-hybridized carbons (Fsp3) is 0.846. The summed E-state index contributed by atoms with van der Waals surface area (Å²) in [6.45, 7) is 8.43. The highest BCUT2D eigenvalue weighted by Gasteiger charge is 2.44. The van der Waals surface area contributed by atoms with E-state index >= 15 is 0 Å². The molecule has 1 heterocycles. The second kappa shape index (κ2) is 6.76. The van der Waals surface area contributed by atoms with Crippen LogP contribution in [0.3, 0.4) is 0 Å². The van der Waals surface area contributed by atoms with Crippen molar-refractivity contribution in [1.82, 2.24) is 10.2 Å². The molecule has 1 saturated heterocycles.